The zero-order valence-electron chi connectivity index (χ0n) is 14.4. The normalized spacial score (nSPS) is 13.3. The second-order valence-electron chi connectivity index (χ2n) is 6.11. The third-order valence-electron chi connectivity index (χ3n) is 4.20. The van der Waals surface area contributed by atoms with Gasteiger partial charge in [-0.2, -0.15) is 0 Å². The van der Waals surface area contributed by atoms with Gasteiger partial charge in [-0.3, -0.25) is 14.2 Å². The molecular formula is C19H19FN4O3. The van der Waals surface area contributed by atoms with E-state index in [4.69, 9.17) is 10.8 Å². The number of primary amides is 1. The molecule has 0 bridgehead atoms. The topological polar surface area (TPSA) is 110 Å². The fourth-order valence-electron chi connectivity index (χ4n) is 2.80. The average molecular weight is 370 g/mol. The molecular weight excluding hydrogens is 351 g/mol. The lowest BCUT2D eigenvalue weighted by Gasteiger charge is -2.15. The molecule has 2 aromatic carbocycles. The molecule has 0 radical (unpaired) electrons. The highest BCUT2D eigenvalue weighted by atomic mass is 19.1. The minimum atomic E-state index is -1.70. The molecule has 0 unspecified atom stereocenters. The van der Waals surface area contributed by atoms with Crippen molar-refractivity contribution in [1.82, 2.24) is 9.55 Å². The first-order valence-electron chi connectivity index (χ1n) is 8.37. The number of anilines is 1. The van der Waals surface area contributed by atoms with E-state index in [9.17, 15) is 14.0 Å². The molecule has 0 aliphatic rings. The van der Waals surface area contributed by atoms with Crippen LogP contribution in [0.5, 0.6) is 0 Å². The lowest BCUT2D eigenvalue weighted by molar-refractivity contribution is -0.131. The first-order valence-corrected chi connectivity index (χ1v) is 8.37. The number of carbonyl (C=O) groups is 2. The Morgan fingerprint density at radius 1 is 1.22 bits per heavy atom. The summed E-state index contributed by atoms with van der Waals surface area (Å²) in [6, 6.07) is 14.8. The number of hydrogen-bond acceptors (Lipinski definition) is 4. The Bertz CT molecular complexity index is 958. The lowest BCUT2D eigenvalue weighted by Crippen LogP contribution is -2.36. The third-order valence-corrected chi connectivity index (χ3v) is 4.20. The molecule has 0 aliphatic heterocycles. The van der Waals surface area contributed by atoms with Crippen molar-refractivity contribution in [2.24, 2.45) is 11.7 Å². The number of carbonyl (C=O) groups excluding carboxylic acids is 2. The smallest absolute Gasteiger partial charge is 0.237 e. The van der Waals surface area contributed by atoms with Crippen LogP contribution in [0, 0.1) is 5.92 Å². The van der Waals surface area contributed by atoms with Gasteiger partial charge in [0, 0.05) is 17.8 Å². The molecule has 8 heteroatoms. The first-order chi connectivity index (χ1) is 13.0. The summed E-state index contributed by atoms with van der Waals surface area (Å²) in [5.41, 5.74) is 8.04. The number of aliphatic hydroxyl groups is 1. The molecule has 1 heterocycles. The molecule has 0 spiro atoms. The number of aliphatic hydroxyl groups excluding tert-OH is 1. The number of aromatic nitrogens is 2. The highest BCUT2D eigenvalue weighted by molar-refractivity contribution is 6.06. The zero-order valence-corrected chi connectivity index (χ0v) is 14.4. The summed E-state index contributed by atoms with van der Waals surface area (Å²) in [5, 5.41) is 11.3. The maximum absolute atomic E-state index is 13.4. The van der Waals surface area contributed by atoms with E-state index >= 15 is 0 Å². The van der Waals surface area contributed by atoms with Gasteiger partial charge in [-0.25, -0.2) is 9.37 Å². The van der Waals surface area contributed by atoms with Crippen LogP contribution in [0.2, 0.25) is 0 Å². The van der Waals surface area contributed by atoms with Crippen molar-refractivity contribution < 1.29 is 19.1 Å². The number of rotatable bonds is 7. The number of para-hydroxylation sites is 1. The Balaban J connectivity index is 1.81. The van der Waals surface area contributed by atoms with Crippen LogP contribution in [-0.2, 0) is 9.59 Å². The molecule has 0 saturated heterocycles. The van der Waals surface area contributed by atoms with Gasteiger partial charge < -0.3 is 16.2 Å². The van der Waals surface area contributed by atoms with Crippen LogP contribution in [0.4, 0.5) is 10.1 Å². The number of nitrogens with zero attached hydrogens (tertiary/aromatic N) is 2. The summed E-state index contributed by atoms with van der Waals surface area (Å²) >= 11 is 0. The van der Waals surface area contributed by atoms with Crippen LogP contribution in [0.25, 0.3) is 16.7 Å². The van der Waals surface area contributed by atoms with Crippen LogP contribution < -0.4 is 11.1 Å². The van der Waals surface area contributed by atoms with Gasteiger partial charge in [0.1, 0.15) is 18.4 Å². The Labute approximate surface area is 154 Å². The number of benzene rings is 2. The number of nitrogens with one attached hydrogen (secondary N) is 1. The standard InChI is InChI=1S/C19H19FN4O3/c20-12(10-25)8-15(18(21)26)19(27)23-13-6-7-17-16(9-13)22-11-24(17)14-4-2-1-3-5-14/h1-7,9,11-12,15,25H,8,10H2,(H2,21,26)(H,23,27)/t12-,15-/m1/s1. The summed E-state index contributed by atoms with van der Waals surface area (Å²) in [6.45, 7) is -0.778. The third kappa shape index (κ3) is 4.12. The van der Waals surface area contributed by atoms with Crippen molar-refractivity contribution in [1.29, 1.82) is 0 Å². The second-order valence-corrected chi connectivity index (χ2v) is 6.11. The number of fused-ring (bicyclic) bond motifs is 1. The molecule has 27 heavy (non-hydrogen) atoms. The van der Waals surface area contributed by atoms with Gasteiger partial charge in [0.05, 0.1) is 17.6 Å². The molecule has 7 nitrogen and oxygen atoms in total. The molecule has 0 aliphatic carbocycles. The van der Waals surface area contributed by atoms with Crippen molar-refractivity contribution in [3.05, 3.63) is 54.9 Å². The van der Waals surface area contributed by atoms with E-state index in [-0.39, 0.29) is 0 Å². The Morgan fingerprint density at radius 2 is 1.96 bits per heavy atom. The molecule has 1 aromatic heterocycles. The minimum absolute atomic E-state index is 0.413. The second kappa shape index (κ2) is 7.96. The zero-order chi connectivity index (χ0) is 19.4. The predicted molar refractivity (Wildman–Crippen MR) is 99.0 cm³/mol. The Hall–Kier alpha value is -3.26. The maximum atomic E-state index is 13.4. The average Bonchev–Trinajstić information content (AvgIpc) is 3.09. The van der Waals surface area contributed by atoms with E-state index in [1.54, 1.807) is 24.5 Å². The van der Waals surface area contributed by atoms with Crippen LogP contribution in [0.1, 0.15) is 6.42 Å². The van der Waals surface area contributed by atoms with Crippen LogP contribution in [0.3, 0.4) is 0 Å². The maximum Gasteiger partial charge on any atom is 0.237 e. The van der Waals surface area contributed by atoms with E-state index in [2.05, 4.69) is 10.3 Å². The van der Waals surface area contributed by atoms with Gasteiger partial charge in [0.2, 0.25) is 11.8 Å². The van der Waals surface area contributed by atoms with Gasteiger partial charge in [-0.15, -0.1) is 0 Å². The summed E-state index contributed by atoms with van der Waals surface area (Å²) in [5.74, 6) is -3.04. The minimum Gasteiger partial charge on any atom is -0.393 e. The van der Waals surface area contributed by atoms with Gasteiger partial charge in [-0.1, -0.05) is 18.2 Å². The van der Waals surface area contributed by atoms with E-state index in [1.807, 2.05) is 34.9 Å². The SMILES string of the molecule is NC(=O)[C@@H](C[C@@H](F)CO)C(=O)Nc1ccc2c(c1)ncn2-c1ccccc1. The molecule has 2 atom stereocenters. The highest BCUT2D eigenvalue weighted by Gasteiger charge is 2.28. The molecule has 4 N–H and O–H groups in total. The van der Waals surface area contributed by atoms with Crippen LogP contribution in [0.15, 0.2) is 54.9 Å². The van der Waals surface area contributed by atoms with Crippen molar-refractivity contribution in [2.45, 2.75) is 12.6 Å². The highest BCUT2D eigenvalue weighted by Crippen LogP contribution is 2.22. The van der Waals surface area contributed by atoms with Gasteiger partial charge in [0.25, 0.3) is 0 Å². The number of alkyl halides is 1. The quantitative estimate of drug-likeness (QED) is 0.551. The van der Waals surface area contributed by atoms with Crippen molar-refractivity contribution in [3.63, 3.8) is 0 Å². The Morgan fingerprint density at radius 3 is 2.63 bits per heavy atom. The fourth-order valence-corrected chi connectivity index (χ4v) is 2.80. The summed E-state index contributed by atoms with van der Waals surface area (Å²) in [6.07, 6.45) is -0.493. The monoisotopic (exact) mass is 370 g/mol. The van der Waals surface area contributed by atoms with Crippen LogP contribution >= 0.6 is 0 Å². The summed E-state index contributed by atoms with van der Waals surface area (Å²) in [7, 11) is 0. The van der Waals surface area contributed by atoms with E-state index in [0.717, 1.165) is 11.2 Å². The number of nitrogens with two attached hydrogens (primary N) is 1. The van der Waals surface area contributed by atoms with Crippen molar-refractivity contribution in [3.8, 4) is 5.69 Å². The van der Waals surface area contributed by atoms with E-state index < -0.39 is 36.9 Å². The molecule has 3 rings (SSSR count). The van der Waals surface area contributed by atoms with Crippen LogP contribution in [-0.4, -0.2) is 39.3 Å². The van der Waals surface area contributed by atoms with Crippen molar-refractivity contribution in [2.75, 3.05) is 11.9 Å². The largest absolute Gasteiger partial charge is 0.393 e. The molecule has 0 saturated carbocycles. The van der Waals surface area contributed by atoms with Gasteiger partial charge in [-0.05, 0) is 30.3 Å². The van der Waals surface area contributed by atoms with Gasteiger partial charge in [0.15, 0.2) is 0 Å². The fraction of sp³-hybridized carbons (Fsp3) is 0.211. The van der Waals surface area contributed by atoms with Crippen molar-refractivity contribution >= 4 is 28.5 Å². The molecule has 140 valence electrons. The molecule has 0 fully saturated rings. The number of hydrogen-bond donors (Lipinski definition) is 3. The number of halogens is 1. The first kappa shape index (κ1) is 18.5. The summed E-state index contributed by atoms with van der Waals surface area (Å²) < 4.78 is 15.3. The molecule has 3 aromatic rings. The Kier molecular flexibility index (Phi) is 5.46. The summed E-state index contributed by atoms with van der Waals surface area (Å²) in [4.78, 5) is 28.1. The number of imidazole rings is 1. The molecule has 2 amide bonds. The number of amides is 2. The van der Waals surface area contributed by atoms with E-state index in [0.29, 0.717) is 11.2 Å². The van der Waals surface area contributed by atoms with Gasteiger partial charge >= 0.3 is 0 Å². The predicted octanol–water partition coefficient (Wildman–Crippen LogP) is 1.79. The van der Waals surface area contributed by atoms with E-state index in [1.165, 1.54) is 0 Å². The lowest BCUT2D eigenvalue weighted by atomic mass is 10.0.